The number of rotatable bonds is 3. The summed E-state index contributed by atoms with van der Waals surface area (Å²) in [5.74, 6) is 0.648. The first-order valence-corrected chi connectivity index (χ1v) is 9.42. The lowest BCUT2D eigenvalue weighted by Crippen LogP contribution is -3.16. The molecule has 3 aliphatic heterocycles. The summed E-state index contributed by atoms with van der Waals surface area (Å²) in [5.41, 5.74) is 0.406. The minimum Gasteiger partial charge on any atom is -0.380 e. The zero-order valence-electron chi connectivity index (χ0n) is 13.5. The molecular formula is C20H22Cl2NO+. The van der Waals surface area contributed by atoms with E-state index in [1.54, 1.807) is 4.90 Å². The van der Waals surface area contributed by atoms with E-state index in [1.165, 1.54) is 13.1 Å². The zero-order chi connectivity index (χ0) is 16.7. The molecule has 2 N–H and O–H groups in total. The van der Waals surface area contributed by atoms with Crippen LogP contribution in [0.3, 0.4) is 0 Å². The fraction of sp³-hybridized carbons (Fsp3) is 0.400. The summed E-state index contributed by atoms with van der Waals surface area (Å²) in [6, 6.07) is 15.3. The quantitative estimate of drug-likeness (QED) is 0.861. The van der Waals surface area contributed by atoms with Crippen LogP contribution in [-0.2, 0) is 5.60 Å². The van der Waals surface area contributed by atoms with Crippen LogP contribution in [-0.4, -0.2) is 24.7 Å². The first-order valence-electron chi connectivity index (χ1n) is 8.66. The maximum absolute atomic E-state index is 12.1. The van der Waals surface area contributed by atoms with Crippen LogP contribution in [0.5, 0.6) is 0 Å². The van der Waals surface area contributed by atoms with E-state index >= 15 is 0 Å². The minimum atomic E-state index is -1.15. The van der Waals surface area contributed by atoms with Gasteiger partial charge in [0.1, 0.15) is 5.60 Å². The third-order valence-electron chi connectivity index (χ3n) is 5.92. The Morgan fingerprint density at radius 3 is 1.79 bits per heavy atom. The average Bonchev–Trinajstić information content (AvgIpc) is 2.63. The Morgan fingerprint density at radius 1 is 0.875 bits per heavy atom. The molecule has 5 rings (SSSR count). The largest absolute Gasteiger partial charge is 0.380 e. The van der Waals surface area contributed by atoms with E-state index in [0.29, 0.717) is 16.0 Å². The molecule has 2 bridgehead atoms. The second-order valence-corrected chi connectivity index (χ2v) is 7.94. The molecule has 126 valence electrons. The first-order chi connectivity index (χ1) is 11.6. The molecule has 0 amide bonds. The highest BCUT2D eigenvalue weighted by atomic mass is 35.5. The van der Waals surface area contributed by atoms with Crippen LogP contribution in [0.1, 0.15) is 24.0 Å². The van der Waals surface area contributed by atoms with Crippen molar-refractivity contribution in [2.75, 3.05) is 19.6 Å². The molecule has 0 unspecified atom stereocenters. The van der Waals surface area contributed by atoms with Gasteiger partial charge in [-0.05, 0) is 18.1 Å². The molecule has 1 atom stereocenters. The van der Waals surface area contributed by atoms with Gasteiger partial charge in [-0.25, -0.2) is 0 Å². The summed E-state index contributed by atoms with van der Waals surface area (Å²) >= 11 is 13.0. The van der Waals surface area contributed by atoms with E-state index in [2.05, 4.69) is 0 Å². The van der Waals surface area contributed by atoms with Gasteiger partial charge in [0, 0.05) is 39.9 Å². The molecule has 4 heteroatoms. The van der Waals surface area contributed by atoms with Crippen LogP contribution in [0.2, 0.25) is 10.0 Å². The molecule has 3 aliphatic rings. The molecule has 0 saturated carbocycles. The average molecular weight is 363 g/mol. The third-order valence-corrected chi connectivity index (χ3v) is 6.58. The number of quaternary nitrogens is 1. The lowest BCUT2D eigenvalue weighted by molar-refractivity contribution is -0.922. The maximum atomic E-state index is 12.1. The van der Waals surface area contributed by atoms with E-state index in [4.69, 9.17) is 23.2 Å². The maximum Gasteiger partial charge on any atom is 0.126 e. The number of halogens is 2. The van der Waals surface area contributed by atoms with Crippen molar-refractivity contribution in [2.45, 2.75) is 18.4 Å². The Bertz CT molecular complexity index is 694. The number of piperidine rings is 3. The fourth-order valence-corrected chi connectivity index (χ4v) is 5.27. The van der Waals surface area contributed by atoms with Crippen LogP contribution in [0.15, 0.2) is 48.5 Å². The van der Waals surface area contributed by atoms with Gasteiger partial charge >= 0.3 is 0 Å². The Kier molecular flexibility index (Phi) is 4.34. The van der Waals surface area contributed by atoms with Gasteiger partial charge in [-0.1, -0.05) is 59.6 Å². The Labute approximate surface area is 153 Å². The predicted molar refractivity (Wildman–Crippen MR) is 97.7 cm³/mol. The highest BCUT2D eigenvalue weighted by Gasteiger charge is 2.52. The molecule has 2 aromatic rings. The van der Waals surface area contributed by atoms with Crippen molar-refractivity contribution in [3.8, 4) is 0 Å². The highest BCUT2D eigenvalue weighted by Crippen LogP contribution is 2.47. The number of hydrogen-bond acceptors (Lipinski definition) is 1. The fourth-order valence-electron chi connectivity index (χ4n) is 4.71. The Morgan fingerprint density at radius 2 is 1.38 bits per heavy atom. The van der Waals surface area contributed by atoms with Crippen molar-refractivity contribution in [1.29, 1.82) is 0 Å². The topological polar surface area (TPSA) is 24.7 Å². The van der Waals surface area contributed by atoms with Crippen molar-refractivity contribution < 1.29 is 10.0 Å². The van der Waals surface area contributed by atoms with Crippen molar-refractivity contribution >= 4 is 23.2 Å². The number of aliphatic hydroxyl groups is 1. The molecule has 0 radical (unpaired) electrons. The summed E-state index contributed by atoms with van der Waals surface area (Å²) in [7, 11) is 0. The second kappa shape index (κ2) is 6.34. The molecule has 24 heavy (non-hydrogen) atoms. The minimum absolute atomic E-state index is 0.134. The van der Waals surface area contributed by atoms with Gasteiger partial charge in [0.25, 0.3) is 0 Å². The van der Waals surface area contributed by atoms with E-state index in [0.717, 1.165) is 30.5 Å². The van der Waals surface area contributed by atoms with Gasteiger partial charge < -0.3 is 10.0 Å². The normalized spacial score (nSPS) is 26.5. The predicted octanol–water partition coefficient (Wildman–Crippen LogP) is 3.15. The molecule has 0 aliphatic carbocycles. The molecular weight excluding hydrogens is 341 g/mol. The SMILES string of the molecule is OC(c1ccccc1Cl)(c1ccccc1Cl)[C@@H]1C[NH+]2CCC1CC2. The monoisotopic (exact) mass is 362 g/mol. The van der Waals surface area contributed by atoms with Gasteiger partial charge in [0.15, 0.2) is 0 Å². The van der Waals surface area contributed by atoms with E-state index < -0.39 is 5.60 Å². The van der Waals surface area contributed by atoms with Crippen LogP contribution in [0.4, 0.5) is 0 Å². The van der Waals surface area contributed by atoms with Gasteiger partial charge in [0.2, 0.25) is 0 Å². The summed E-state index contributed by atoms with van der Waals surface area (Å²) in [5, 5.41) is 13.3. The lowest BCUT2D eigenvalue weighted by Gasteiger charge is -2.49. The van der Waals surface area contributed by atoms with E-state index in [-0.39, 0.29) is 5.92 Å². The molecule has 2 nitrogen and oxygen atoms in total. The molecule has 2 aromatic carbocycles. The van der Waals surface area contributed by atoms with Crippen LogP contribution in [0.25, 0.3) is 0 Å². The molecule has 3 saturated heterocycles. The number of nitrogens with one attached hydrogen (secondary N) is 1. The number of hydrogen-bond donors (Lipinski definition) is 2. The standard InChI is InChI=1S/C20H21Cl2NO/c21-18-7-3-1-5-15(18)20(24,16-6-2-4-8-19(16)22)17-13-23-11-9-14(17)10-12-23/h1-8,14,17,24H,9-13H2/p+1/t17-/m1/s1. The van der Waals surface area contributed by atoms with Crippen molar-refractivity contribution in [2.24, 2.45) is 11.8 Å². The Hall–Kier alpha value is -1.06. The van der Waals surface area contributed by atoms with Crippen LogP contribution >= 0.6 is 23.2 Å². The first kappa shape index (κ1) is 16.4. The number of benzene rings is 2. The Balaban J connectivity index is 1.90. The molecule has 0 spiro atoms. The van der Waals surface area contributed by atoms with E-state index in [1.807, 2.05) is 48.5 Å². The lowest BCUT2D eigenvalue weighted by atomic mass is 9.65. The molecule has 0 aromatic heterocycles. The van der Waals surface area contributed by atoms with Crippen LogP contribution < -0.4 is 4.90 Å². The molecule has 3 heterocycles. The zero-order valence-corrected chi connectivity index (χ0v) is 15.0. The number of fused-ring (bicyclic) bond motifs is 3. The molecule has 3 fully saturated rings. The second-order valence-electron chi connectivity index (χ2n) is 7.12. The van der Waals surface area contributed by atoms with Gasteiger partial charge in [-0.15, -0.1) is 0 Å². The van der Waals surface area contributed by atoms with E-state index in [9.17, 15) is 5.11 Å². The summed E-state index contributed by atoms with van der Waals surface area (Å²) in [4.78, 5) is 1.58. The van der Waals surface area contributed by atoms with Crippen molar-refractivity contribution in [1.82, 2.24) is 0 Å². The van der Waals surface area contributed by atoms with Gasteiger partial charge in [-0.2, -0.15) is 0 Å². The van der Waals surface area contributed by atoms with Gasteiger partial charge in [-0.3, -0.25) is 0 Å². The summed E-state index contributed by atoms with van der Waals surface area (Å²) in [6.07, 6.45) is 2.33. The smallest absolute Gasteiger partial charge is 0.126 e. The van der Waals surface area contributed by atoms with Gasteiger partial charge in [0.05, 0.1) is 19.6 Å². The van der Waals surface area contributed by atoms with Crippen molar-refractivity contribution in [3.63, 3.8) is 0 Å². The van der Waals surface area contributed by atoms with Crippen LogP contribution in [0, 0.1) is 11.8 Å². The highest BCUT2D eigenvalue weighted by molar-refractivity contribution is 6.32. The summed E-state index contributed by atoms with van der Waals surface area (Å²) < 4.78 is 0. The van der Waals surface area contributed by atoms with Crippen molar-refractivity contribution in [3.05, 3.63) is 69.7 Å². The third kappa shape index (κ3) is 2.57. The summed E-state index contributed by atoms with van der Waals surface area (Å²) in [6.45, 7) is 3.39.